The van der Waals surface area contributed by atoms with Gasteiger partial charge in [-0.15, -0.1) is 0 Å². The van der Waals surface area contributed by atoms with E-state index in [1.54, 1.807) is 37.3 Å². The van der Waals surface area contributed by atoms with Crippen LogP contribution < -0.4 is 16.6 Å². The molecule has 0 spiro atoms. The van der Waals surface area contributed by atoms with Crippen LogP contribution in [0.3, 0.4) is 0 Å². The van der Waals surface area contributed by atoms with E-state index in [0.29, 0.717) is 12.2 Å². The number of carbonyl (C=O) groups excluding carboxylic acids is 1. The van der Waals surface area contributed by atoms with E-state index in [1.807, 2.05) is 0 Å². The van der Waals surface area contributed by atoms with E-state index in [1.165, 1.54) is 4.57 Å². The number of aromatic nitrogens is 2. The van der Waals surface area contributed by atoms with Gasteiger partial charge >= 0.3 is 5.69 Å². The molecule has 1 aromatic carbocycles. The van der Waals surface area contributed by atoms with Crippen LogP contribution in [0.2, 0.25) is 0 Å². The first-order chi connectivity index (χ1) is 12.6. The molecular formula is C19H23N3O4. The summed E-state index contributed by atoms with van der Waals surface area (Å²) in [7, 11) is 0. The zero-order valence-electron chi connectivity index (χ0n) is 14.8. The summed E-state index contributed by atoms with van der Waals surface area (Å²) in [4.78, 5) is 38.4. The Bertz CT molecular complexity index is 909. The van der Waals surface area contributed by atoms with Crippen LogP contribution >= 0.6 is 0 Å². The molecule has 0 atom stereocenters. The predicted molar refractivity (Wildman–Crippen MR) is 98.1 cm³/mol. The van der Waals surface area contributed by atoms with Crippen molar-refractivity contribution >= 4 is 5.91 Å². The van der Waals surface area contributed by atoms with Crippen molar-refractivity contribution < 1.29 is 9.90 Å². The number of para-hydroxylation sites is 1. The number of amides is 1. The summed E-state index contributed by atoms with van der Waals surface area (Å²) in [5.41, 5.74) is -1.44. The smallest absolute Gasteiger partial charge is 0.338 e. The predicted octanol–water partition coefficient (Wildman–Crippen LogP) is 1.96. The van der Waals surface area contributed by atoms with Gasteiger partial charge in [0.1, 0.15) is 0 Å². The van der Waals surface area contributed by atoms with E-state index in [9.17, 15) is 19.5 Å². The fraction of sp³-hybridized carbons (Fsp3) is 0.421. The lowest BCUT2D eigenvalue weighted by Gasteiger charge is -2.26. The average molecular weight is 357 g/mol. The molecular weight excluding hydrogens is 334 g/mol. The van der Waals surface area contributed by atoms with E-state index in [0.717, 1.165) is 36.7 Å². The molecule has 138 valence electrons. The first-order valence-corrected chi connectivity index (χ1v) is 9.00. The normalized spacial score (nSPS) is 15.0. The van der Waals surface area contributed by atoms with Crippen molar-refractivity contribution in [3.05, 3.63) is 56.7 Å². The number of nitrogens with one attached hydrogen (secondary N) is 1. The van der Waals surface area contributed by atoms with E-state index in [2.05, 4.69) is 5.32 Å². The number of benzene rings is 1. The van der Waals surface area contributed by atoms with Gasteiger partial charge in [-0.05, 0) is 31.9 Å². The topological polar surface area (TPSA) is 93.3 Å². The summed E-state index contributed by atoms with van der Waals surface area (Å²) < 4.78 is 2.19. The Hall–Kier alpha value is -2.83. The lowest BCUT2D eigenvalue weighted by Crippen LogP contribution is -2.44. The summed E-state index contributed by atoms with van der Waals surface area (Å²) in [6.45, 7) is 2.04. The molecule has 1 aliphatic carbocycles. The van der Waals surface area contributed by atoms with Crippen molar-refractivity contribution in [2.24, 2.45) is 0 Å². The molecule has 0 saturated heterocycles. The van der Waals surface area contributed by atoms with Crippen molar-refractivity contribution in [1.29, 1.82) is 0 Å². The summed E-state index contributed by atoms with van der Waals surface area (Å²) in [6.07, 6.45) is 4.42. The maximum absolute atomic E-state index is 13.1. The molecule has 1 aromatic heterocycles. The van der Waals surface area contributed by atoms with Gasteiger partial charge in [-0.25, -0.2) is 9.36 Å². The second kappa shape index (κ2) is 7.59. The Morgan fingerprint density at radius 1 is 1.15 bits per heavy atom. The fourth-order valence-corrected chi connectivity index (χ4v) is 3.53. The number of aromatic hydroxyl groups is 1. The van der Waals surface area contributed by atoms with Crippen molar-refractivity contribution in [2.75, 3.05) is 6.54 Å². The molecule has 0 bridgehead atoms. The largest absolute Gasteiger partial charge is 0.494 e. The Labute approximate surface area is 150 Å². The van der Waals surface area contributed by atoms with Gasteiger partial charge in [-0.3, -0.25) is 14.2 Å². The number of carbonyl (C=O) groups is 1. The third-order valence-corrected chi connectivity index (χ3v) is 4.78. The zero-order valence-corrected chi connectivity index (χ0v) is 14.8. The molecule has 3 rings (SSSR count). The van der Waals surface area contributed by atoms with E-state index in [-0.39, 0.29) is 11.6 Å². The van der Waals surface area contributed by atoms with E-state index >= 15 is 0 Å². The van der Waals surface area contributed by atoms with Gasteiger partial charge in [0.05, 0.1) is 5.69 Å². The second-order valence-electron chi connectivity index (χ2n) is 6.48. The van der Waals surface area contributed by atoms with Gasteiger partial charge in [0.15, 0.2) is 5.56 Å². The van der Waals surface area contributed by atoms with Gasteiger partial charge in [0.25, 0.3) is 11.5 Å². The Morgan fingerprint density at radius 3 is 2.42 bits per heavy atom. The highest BCUT2D eigenvalue weighted by Gasteiger charge is 2.28. The molecule has 0 unspecified atom stereocenters. The highest BCUT2D eigenvalue weighted by molar-refractivity contribution is 5.96. The third-order valence-electron chi connectivity index (χ3n) is 4.78. The first-order valence-electron chi connectivity index (χ1n) is 9.00. The molecule has 2 N–H and O–H groups in total. The summed E-state index contributed by atoms with van der Waals surface area (Å²) in [5, 5.41) is 13.2. The molecule has 1 fully saturated rings. The van der Waals surface area contributed by atoms with Gasteiger partial charge in [0, 0.05) is 12.6 Å². The minimum Gasteiger partial charge on any atom is -0.494 e. The van der Waals surface area contributed by atoms with Crippen LogP contribution in [0, 0.1) is 0 Å². The first kappa shape index (κ1) is 18.0. The highest BCUT2D eigenvalue weighted by Crippen LogP contribution is 2.30. The molecule has 0 aliphatic heterocycles. The average Bonchev–Trinajstić information content (AvgIpc) is 2.63. The van der Waals surface area contributed by atoms with E-state index < -0.39 is 23.0 Å². The molecule has 1 amide bonds. The highest BCUT2D eigenvalue weighted by atomic mass is 16.3. The fourth-order valence-electron chi connectivity index (χ4n) is 3.53. The molecule has 2 aromatic rings. The summed E-state index contributed by atoms with van der Waals surface area (Å²) in [6, 6.07) is 8.24. The standard InChI is InChI=1S/C19H23N3O4/c1-2-20-16(23)15-17(24)21(13-9-5-3-6-10-13)19(26)22(18(15)25)14-11-7-4-8-12-14/h3,5-6,9-10,14,25H,2,4,7-8,11-12H2,1H3,(H,20,23). The zero-order chi connectivity index (χ0) is 18.7. The third kappa shape index (κ3) is 3.16. The Morgan fingerprint density at radius 2 is 1.81 bits per heavy atom. The minimum absolute atomic E-state index is 0.222. The Balaban J connectivity index is 2.30. The van der Waals surface area contributed by atoms with Crippen LogP contribution in [0.4, 0.5) is 0 Å². The maximum atomic E-state index is 13.1. The monoisotopic (exact) mass is 357 g/mol. The van der Waals surface area contributed by atoms with Crippen molar-refractivity contribution in [3.63, 3.8) is 0 Å². The van der Waals surface area contributed by atoms with Crippen molar-refractivity contribution in [1.82, 2.24) is 14.5 Å². The van der Waals surface area contributed by atoms with Crippen LogP contribution in [0.25, 0.3) is 5.69 Å². The second-order valence-corrected chi connectivity index (χ2v) is 6.48. The number of hydrogen-bond donors (Lipinski definition) is 2. The van der Waals surface area contributed by atoms with Crippen molar-refractivity contribution in [3.8, 4) is 11.6 Å². The Kier molecular flexibility index (Phi) is 5.25. The van der Waals surface area contributed by atoms with E-state index in [4.69, 9.17) is 0 Å². The molecule has 26 heavy (non-hydrogen) atoms. The van der Waals surface area contributed by atoms with Crippen LogP contribution in [-0.2, 0) is 0 Å². The number of hydrogen-bond acceptors (Lipinski definition) is 4. The SMILES string of the molecule is CCNC(=O)c1c(O)n(C2CCCCC2)c(=O)n(-c2ccccc2)c1=O. The molecule has 7 heteroatoms. The number of rotatable bonds is 4. The van der Waals surface area contributed by atoms with Crippen LogP contribution in [-0.4, -0.2) is 26.7 Å². The maximum Gasteiger partial charge on any atom is 0.338 e. The van der Waals surface area contributed by atoms with Crippen LogP contribution in [0.5, 0.6) is 5.88 Å². The summed E-state index contributed by atoms with van der Waals surface area (Å²) in [5.74, 6) is -1.21. The quantitative estimate of drug-likeness (QED) is 0.875. The minimum atomic E-state index is -0.809. The van der Waals surface area contributed by atoms with Gasteiger partial charge in [-0.2, -0.15) is 0 Å². The van der Waals surface area contributed by atoms with Crippen LogP contribution in [0.1, 0.15) is 55.4 Å². The van der Waals surface area contributed by atoms with Gasteiger partial charge < -0.3 is 10.4 Å². The molecule has 1 heterocycles. The lowest BCUT2D eigenvalue weighted by molar-refractivity contribution is 0.0948. The molecule has 1 aliphatic rings. The summed E-state index contributed by atoms with van der Waals surface area (Å²) >= 11 is 0. The lowest BCUT2D eigenvalue weighted by atomic mass is 9.95. The number of nitrogens with zero attached hydrogens (tertiary/aromatic N) is 2. The molecule has 7 nitrogen and oxygen atoms in total. The molecule has 0 radical (unpaired) electrons. The van der Waals surface area contributed by atoms with Crippen LogP contribution in [0.15, 0.2) is 39.9 Å². The van der Waals surface area contributed by atoms with Gasteiger partial charge in [-0.1, -0.05) is 37.5 Å². The van der Waals surface area contributed by atoms with Crippen molar-refractivity contribution in [2.45, 2.75) is 45.1 Å². The molecule has 1 saturated carbocycles. The van der Waals surface area contributed by atoms with Gasteiger partial charge in [0.2, 0.25) is 5.88 Å².